The number of hydrogen-bond donors (Lipinski definition) is 2. The maximum atomic E-state index is 11.7. The van der Waals surface area contributed by atoms with Crippen molar-refractivity contribution in [2.45, 2.75) is 26.3 Å². The van der Waals surface area contributed by atoms with Gasteiger partial charge in [-0.3, -0.25) is 4.79 Å². The van der Waals surface area contributed by atoms with E-state index in [1.54, 1.807) is 11.3 Å². The topological polar surface area (TPSA) is 41.1 Å². The van der Waals surface area contributed by atoms with Crippen LogP contribution < -0.4 is 10.6 Å². The van der Waals surface area contributed by atoms with Gasteiger partial charge in [-0.1, -0.05) is 6.92 Å². The molecule has 1 unspecified atom stereocenters. The Morgan fingerprint density at radius 2 is 2.22 bits per heavy atom. The zero-order valence-corrected chi connectivity index (χ0v) is 11.5. The molecule has 2 aromatic rings. The summed E-state index contributed by atoms with van der Waals surface area (Å²) in [5.41, 5.74) is 0.986. The van der Waals surface area contributed by atoms with E-state index in [0.717, 1.165) is 18.7 Å². The Balaban J connectivity index is 2.01. The molecule has 0 aliphatic rings. The zero-order chi connectivity index (χ0) is 13.0. The van der Waals surface area contributed by atoms with E-state index in [4.69, 9.17) is 0 Å². The first-order valence-electron chi connectivity index (χ1n) is 6.22. The van der Waals surface area contributed by atoms with Crippen LogP contribution in [0.2, 0.25) is 0 Å². The molecule has 4 heteroatoms. The van der Waals surface area contributed by atoms with E-state index in [0.29, 0.717) is 0 Å². The average molecular weight is 262 g/mol. The summed E-state index contributed by atoms with van der Waals surface area (Å²) in [7, 11) is 0. The molecular weight excluding hydrogens is 244 g/mol. The van der Waals surface area contributed by atoms with E-state index < -0.39 is 0 Å². The highest BCUT2D eigenvalue weighted by atomic mass is 32.1. The summed E-state index contributed by atoms with van der Waals surface area (Å²) in [5, 5.41) is 9.40. The van der Waals surface area contributed by atoms with E-state index in [-0.39, 0.29) is 11.9 Å². The maximum absolute atomic E-state index is 11.7. The second-order valence-electron chi connectivity index (χ2n) is 4.33. The standard InChI is InChI=1S/C14H18N2OS/c1-3-7-15-14(17)10(2)16-12-4-5-13-11(9-12)6-8-18-13/h4-6,8-10,16H,3,7H2,1-2H3,(H,15,17). The third-order valence-electron chi connectivity index (χ3n) is 2.78. The quantitative estimate of drug-likeness (QED) is 0.868. The molecule has 0 radical (unpaired) electrons. The number of fused-ring (bicyclic) bond motifs is 1. The van der Waals surface area contributed by atoms with Crippen molar-refractivity contribution >= 4 is 33.0 Å². The Hall–Kier alpha value is -1.55. The van der Waals surface area contributed by atoms with E-state index in [1.165, 1.54) is 10.1 Å². The first-order valence-corrected chi connectivity index (χ1v) is 7.10. The lowest BCUT2D eigenvalue weighted by Gasteiger charge is -2.15. The molecule has 1 atom stereocenters. The van der Waals surface area contributed by atoms with Gasteiger partial charge < -0.3 is 10.6 Å². The first-order chi connectivity index (χ1) is 8.70. The van der Waals surface area contributed by atoms with E-state index in [2.05, 4.69) is 34.2 Å². The minimum absolute atomic E-state index is 0.0438. The van der Waals surface area contributed by atoms with Gasteiger partial charge in [0.2, 0.25) is 5.91 Å². The highest BCUT2D eigenvalue weighted by molar-refractivity contribution is 7.17. The number of carbonyl (C=O) groups is 1. The minimum Gasteiger partial charge on any atom is -0.374 e. The highest BCUT2D eigenvalue weighted by Gasteiger charge is 2.11. The molecule has 1 amide bonds. The van der Waals surface area contributed by atoms with Crippen LogP contribution in [0.5, 0.6) is 0 Å². The van der Waals surface area contributed by atoms with Crippen molar-refractivity contribution in [2.24, 2.45) is 0 Å². The van der Waals surface area contributed by atoms with Gasteiger partial charge in [-0.25, -0.2) is 0 Å². The molecule has 2 rings (SSSR count). The van der Waals surface area contributed by atoms with Crippen LogP contribution in [-0.2, 0) is 4.79 Å². The number of anilines is 1. The average Bonchev–Trinajstić information content (AvgIpc) is 2.83. The van der Waals surface area contributed by atoms with E-state index >= 15 is 0 Å². The second-order valence-corrected chi connectivity index (χ2v) is 5.28. The van der Waals surface area contributed by atoms with Gasteiger partial charge >= 0.3 is 0 Å². The number of nitrogens with one attached hydrogen (secondary N) is 2. The van der Waals surface area contributed by atoms with Crippen LogP contribution >= 0.6 is 11.3 Å². The lowest BCUT2D eigenvalue weighted by molar-refractivity contribution is -0.121. The number of benzene rings is 1. The summed E-state index contributed by atoms with van der Waals surface area (Å²) in [6, 6.07) is 8.05. The Morgan fingerprint density at radius 1 is 1.39 bits per heavy atom. The van der Waals surface area contributed by atoms with Crippen molar-refractivity contribution in [2.75, 3.05) is 11.9 Å². The summed E-state index contributed by atoms with van der Waals surface area (Å²) in [6.07, 6.45) is 0.958. The lowest BCUT2D eigenvalue weighted by Crippen LogP contribution is -2.37. The largest absolute Gasteiger partial charge is 0.374 e. The van der Waals surface area contributed by atoms with Gasteiger partial charge in [-0.15, -0.1) is 11.3 Å². The van der Waals surface area contributed by atoms with Crippen molar-refractivity contribution in [1.29, 1.82) is 0 Å². The van der Waals surface area contributed by atoms with Crippen molar-refractivity contribution in [3.63, 3.8) is 0 Å². The maximum Gasteiger partial charge on any atom is 0.242 e. The molecule has 0 fully saturated rings. The van der Waals surface area contributed by atoms with Crippen LogP contribution in [0.25, 0.3) is 10.1 Å². The van der Waals surface area contributed by atoms with Gasteiger partial charge in [0, 0.05) is 16.9 Å². The van der Waals surface area contributed by atoms with Gasteiger partial charge in [-0.2, -0.15) is 0 Å². The second kappa shape index (κ2) is 5.87. The predicted octanol–water partition coefficient (Wildman–Crippen LogP) is 3.23. The van der Waals surface area contributed by atoms with Crippen molar-refractivity contribution < 1.29 is 4.79 Å². The smallest absolute Gasteiger partial charge is 0.242 e. The Morgan fingerprint density at radius 3 is 3.00 bits per heavy atom. The molecule has 0 spiro atoms. The molecule has 0 saturated heterocycles. The summed E-state index contributed by atoms with van der Waals surface area (Å²) < 4.78 is 1.27. The molecule has 1 aromatic carbocycles. The molecule has 96 valence electrons. The number of amides is 1. The molecule has 0 aliphatic carbocycles. The Bertz CT molecular complexity index is 535. The molecule has 0 bridgehead atoms. The Labute approximate surface area is 111 Å². The summed E-state index contributed by atoms with van der Waals surface area (Å²) in [6.45, 7) is 4.65. The molecule has 2 N–H and O–H groups in total. The summed E-state index contributed by atoms with van der Waals surface area (Å²) in [5.74, 6) is 0.0438. The van der Waals surface area contributed by atoms with Crippen molar-refractivity contribution in [1.82, 2.24) is 5.32 Å². The molecule has 0 aliphatic heterocycles. The Kier molecular flexibility index (Phi) is 4.20. The van der Waals surface area contributed by atoms with Gasteiger partial charge in [0.15, 0.2) is 0 Å². The highest BCUT2D eigenvalue weighted by Crippen LogP contribution is 2.24. The van der Waals surface area contributed by atoms with Crippen molar-refractivity contribution in [3.8, 4) is 0 Å². The number of carbonyl (C=O) groups excluding carboxylic acids is 1. The molecule has 18 heavy (non-hydrogen) atoms. The monoisotopic (exact) mass is 262 g/mol. The zero-order valence-electron chi connectivity index (χ0n) is 10.7. The van der Waals surface area contributed by atoms with Crippen LogP contribution in [0.15, 0.2) is 29.6 Å². The fraction of sp³-hybridized carbons (Fsp3) is 0.357. The fourth-order valence-corrected chi connectivity index (χ4v) is 2.54. The SMILES string of the molecule is CCCNC(=O)C(C)Nc1ccc2sccc2c1. The van der Waals surface area contributed by atoms with Crippen LogP contribution in [0.1, 0.15) is 20.3 Å². The van der Waals surface area contributed by atoms with Crippen LogP contribution in [-0.4, -0.2) is 18.5 Å². The van der Waals surface area contributed by atoms with E-state index in [1.807, 2.05) is 19.9 Å². The summed E-state index contributed by atoms with van der Waals surface area (Å²) in [4.78, 5) is 11.7. The third-order valence-corrected chi connectivity index (χ3v) is 3.68. The van der Waals surface area contributed by atoms with Gasteiger partial charge in [0.25, 0.3) is 0 Å². The predicted molar refractivity (Wildman–Crippen MR) is 78.2 cm³/mol. The van der Waals surface area contributed by atoms with Crippen LogP contribution in [0.4, 0.5) is 5.69 Å². The van der Waals surface area contributed by atoms with Gasteiger partial charge in [0.05, 0.1) is 0 Å². The molecule has 0 saturated carbocycles. The normalized spacial score (nSPS) is 12.3. The van der Waals surface area contributed by atoms with Gasteiger partial charge in [-0.05, 0) is 48.4 Å². The third kappa shape index (κ3) is 3.01. The number of hydrogen-bond acceptors (Lipinski definition) is 3. The minimum atomic E-state index is -0.215. The lowest BCUT2D eigenvalue weighted by atomic mass is 10.2. The fourth-order valence-electron chi connectivity index (χ4n) is 1.77. The summed E-state index contributed by atoms with van der Waals surface area (Å²) >= 11 is 1.73. The molecule has 1 heterocycles. The molecule has 1 aromatic heterocycles. The number of rotatable bonds is 5. The van der Waals surface area contributed by atoms with Gasteiger partial charge in [0.1, 0.15) is 6.04 Å². The van der Waals surface area contributed by atoms with E-state index in [9.17, 15) is 4.79 Å². The van der Waals surface area contributed by atoms with Crippen LogP contribution in [0.3, 0.4) is 0 Å². The molecule has 3 nitrogen and oxygen atoms in total. The van der Waals surface area contributed by atoms with Crippen LogP contribution in [0, 0.1) is 0 Å². The first kappa shape index (κ1) is 12.9. The number of thiophene rings is 1. The molecular formula is C14H18N2OS. The van der Waals surface area contributed by atoms with Crippen molar-refractivity contribution in [3.05, 3.63) is 29.6 Å².